The molecule has 0 aromatic rings. The van der Waals surface area contributed by atoms with Crippen LogP contribution in [-0.2, 0) is 9.53 Å². The summed E-state index contributed by atoms with van der Waals surface area (Å²) < 4.78 is 5.37. The second-order valence-electron chi connectivity index (χ2n) is 5.30. The van der Waals surface area contributed by atoms with Crippen LogP contribution in [0.5, 0.6) is 0 Å². The molecule has 0 spiro atoms. The molecule has 4 nitrogen and oxygen atoms in total. The minimum atomic E-state index is -0.716. The Morgan fingerprint density at radius 3 is 3.06 bits per heavy atom. The summed E-state index contributed by atoms with van der Waals surface area (Å²) in [4.78, 5) is 12.8. The maximum Gasteiger partial charge on any atom is 0.317 e. The fraction of sp³-hybridized carbons (Fsp3) is 0.917. The second kappa shape index (κ2) is 4.72. The summed E-state index contributed by atoms with van der Waals surface area (Å²) >= 11 is 0. The van der Waals surface area contributed by atoms with Gasteiger partial charge in [0.2, 0.25) is 0 Å². The van der Waals surface area contributed by atoms with Crippen molar-refractivity contribution in [3.8, 4) is 0 Å². The fourth-order valence-electron chi connectivity index (χ4n) is 3.53. The molecule has 2 atom stereocenters. The molecule has 1 saturated carbocycles. The van der Waals surface area contributed by atoms with E-state index in [1.807, 2.05) is 0 Å². The van der Waals surface area contributed by atoms with Crippen molar-refractivity contribution in [3.05, 3.63) is 0 Å². The number of carboxylic acids is 1. The van der Waals surface area contributed by atoms with E-state index < -0.39 is 5.97 Å². The van der Waals surface area contributed by atoms with Crippen molar-refractivity contribution in [1.82, 2.24) is 4.90 Å². The van der Waals surface area contributed by atoms with Gasteiger partial charge in [-0.2, -0.15) is 0 Å². The summed E-state index contributed by atoms with van der Waals surface area (Å²) in [6, 6.07) is 0. The van der Waals surface area contributed by atoms with Gasteiger partial charge in [0.1, 0.15) is 0 Å². The third-order valence-corrected chi connectivity index (χ3v) is 4.15. The molecule has 92 valence electrons. The van der Waals surface area contributed by atoms with Gasteiger partial charge in [0.25, 0.3) is 0 Å². The van der Waals surface area contributed by atoms with Crippen LogP contribution in [0.25, 0.3) is 0 Å². The molecule has 1 saturated heterocycles. The average Bonchev–Trinajstić information content (AvgIpc) is 2.54. The fourth-order valence-corrected chi connectivity index (χ4v) is 3.53. The summed E-state index contributed by atoms with van der Waals surface area (Å²) in [6.45, 7) is 2.81. The Labute approximate surface area is 96.6 Å². The van der Waals surface area contributed by atoms with Crippen molar-refractivity contribution in [2.24, 2.45) is 11.3 Å². The normalized spacial score (nSPS) is 34.9. The van der Waals surface area contributed by atoms with E-state index >= 15 is 0 Å². The molecule has 2 rings (SSSR count). The van der Waals surface area contributed by atoms with Gasteiger partial charge in [-0.1, -0.05) is 12.8 Å². The molecular weight excluding hydrogens is 206 g/mol. The van der Waals surface area contributed by atoms with E-state index in [4.69, 9.17) is 9.84 Å². The Morgan fingerprint density at radius 2 is 2.38 bits per heavy atom. The predicted octanol–water partition coefficient (Wildman–Crippen LogP) is 1.21. The van der Waals surface area contributed by atoms with Gasteiger partial charge < -0.3 is 9.84 Å². The van der Waals surface area contributed by atoms with Crippen LogP contribution < -0.4 is 0 Å². The maximum atomic E-state index is 10.8. The third-order valence-electron chi connectivity index (χ3n) is 4.15. The molecule has 1 aliphatic carbocycles. The Balaban J connectivity index is 2.04. The molecule has 0 bridgehead atoms. The lowest BCUT2D eigenvalue weighted by atomic mass is 9.69. The van der Waals surface area contributed by atoms with Crippen LogP contribution in [0.4, 0.5) is 0 Å². The zero-order valence-corrected chi connectivity index (χ0v) is 9.95. The quantitative estimate of drug-likeness (QED) is 0.784. The number of nitrogens with zero attached hydrogens (tertiary/aromatic N) is 1. The van der Waals surface area contributed by atoms with Gasteiger partial charge in [0, 0.05) is 25.6 Å². The van der Waals surface area contributed by atoms with E-state index in [-0.39, 0.29) is 12.0 Å². The molecule has 1 N–H and O–H groups in total. The van der Waals surface area contributed by atoms with Gasteiger partial charge in [0.15, 0.2) is 0 Å². The maximum absolute atomic E-state index is 10.8. The lowest BCUT2D eigenvalue weighted by Gasteiger charge is -2.38. The summed E-state index contributed by atoms with van der Waals surface area (Å²) in [5.74, 6) is -0.0771. The Kier molecular flexibility index (Phi) is 3.50. The van der Waals surface area contributed by atoms with E-state index in [0.29, 0.717) is 5.92 Å². The Hall–Kier alpha value is -0.610. The molecule has 0 aromatic heterocycles. The Bertz CT molecular complexity index is 265. The minimum absolute atomic E-state index is 0.183. The summed E-state index contributed by atoms with van der Waals surface area (Å²) in [5, 5.41) is 8.85. The standard InChI is InChI=1S/C12H21NO3/c1-16-9-12-5-3-2-4-10(12)6-13(8-12)7-11(14)15/h10H,2-9H2,1H3,(H,14,15). The molecule has 0 aromatic carbocycles. The van der Waals surface area contributed by atoms with Crippen molar-refractivity contribution < 1.29 is 14.6 Å². The van der Waals surface area contributed by atoms with Crippen molar-refractivity contribution in [2.75, 3.05) is 33.4 Å². The zero-order chi connectivity index (χ0) is 11.6. The van der Waals surface area contributed by atoms with Crippen molar-refractivity contribution in [3.63, 3.8) is 0 Å². The number of aliphatic carboxylic acids is 1. The molecule has 1 heterocycles. The number of fused-ring (bicyclic) bond motifs is 1. The highest BCUT2D eigenvalue weighted by molar-refractivity contribution is 5.69. The molecule has 0 radical (unpaired) electrons. The van der Waals surface area contributed by atoms with Crippen LogP contribution in [0.3, 0.4) is 0 Å². The first-order valence-corrected chi connectivity index (χ1v) is 6.09. The van der Waals surface area contributed by atoms with Crippen molar-refractivity contribution in [1.29, 1.82) is 0 Å². The molecular formula is C12H21NO3. The number of ether oxygens (including phenoxy) is 1. The first kappa shape index (κ1) is 11.9. The summed E-state index contributed by atoms with van der Waals surface area (Å²) in [7, 11) is 1.75. The highest BCUT2D eigenvalue weighted by Crippen LogP contribution is 2.46. The van der Waals surface area contributed by atoms with E-state index in [2.05, 4.69) is 4.90 Å². The smallest absolute Gasteiger partial charge is 0.317 e. The molecule has 2 fully saturated rings. The number of likely N-dealkylation sites (tertiary alicyclic amines) is 1. The predicted molar refractivity (Wildman–Crippen MR) is 60.3 cm³/mol. The number of hydrogen-bond acceptors (Lipinski definition) is 3. The first-order valence-electron chi connectivity index (χ1n) is 6.09. The lowest BCUT2D eigenvalue weighted by Crippen LogP contribution is -2.38. The van der Waals surface area contributed by atoms with Gasteiger partial charge in [-0.05, 0) is 18.8 Å². The van der Waals surface area contributed by atoms with E-state index in [9.17, 15) is 4.79 Å². The van der Waals surface area contributed by atoms with E-state index in [1.54, 1.807) is 7.11 Å². The Morgan fingerprint density at radius 1 is 1.56 bits per heavy atom. The van der Waals surface area contributed by atoms with Crippen LogP contribution in [0, 0.1) is 11.3 Å². The number of methoxy groups -OCH3 is 1. The highest BCUT2D eigenvalue weighted by Gasteiger charge is 2.47. The molecule has 1 aliphatic heterocycles. The third kappa shape index (κ3) is 2.23. The van der Waals surface area contributed by atoms with Crippen LogP contribution in [0.15, 0.2) is 0 Å². The number of rotatable bonds is 4. The average molecular weight is 227 g/mol. The van der Waals surface area contributed by atoms with E-state index in [1.165, 1.54) is 25.7 Å². The second-order valence-corrected chi connectivity index (χ2v) is 5.30. The number of hydrogen-bond donors (Lipinski definition) is 1. The summed E-state index contributed by atoms with van der Waals surface area (Å²) in [5.41, 5.74) is 0.239. The largest absolute Gasteiger partial charge is 0.480 e. The van der Waals surface area contributed by atoms with Crippen LogP contribution in [0.2, 0.25) is 0 Å². The van der Waals surface area contributed by atoms with Crippen LogP contribution in [-0.4, -0.2) is 49.3 Å². The molecule has 16 heavy (non-hydrogen) atoms. The topological polar surface area (TPSA) is 49.8 Å². The van der Waals surface area contributed by atoms with Gasteiger partial charge in [0.05, 0.1) is 13.2 Å². The van der Waals surface area contributed by atoms with Gasteiger partial charge in [-0.15, -0.1) is 0 Å². The minimum Gasteiger partial charge on any atom is -0.480 e. The van der Waals surface area contributed by atoms with Gasteiger partial charge in [-0.25, -0.2) is 0 Å². The van der Waals surface area contributed by atoms with Crippen LogP contribution in [0.1, 0.15) is 25.7 Å². The van der Waals surface area contributed by atoms with Gasteiger partial charge in [-0.3, -0.25) is 9.69 Å². The van der Waals surface area contributed by atoms with E-state index in [0.717, 1.165) is 19.7 Å². The SMILES string of the molecule is COCC12CCCCC1CN(CC(=O)O)C2. The molecule has 2 aliphatic rings. The van der Waals surface area contributed by atoms with Crippen molar-refractivity contribution >= 4 is 5.97 Å². The molecule has 0 amide bonds. The number of carbonyl (C=O) groups is 1. The van der Waals surface area contributed by atoms with Crippen molar-refractivity contribution in [2.45, 2.75) is 25.7 Å². The monoisotopic (exact) mass is 227 g/mol. The van der Waals surface area contributed by atoms with Crippen LogP contribution >= 0.6 is 0 Å². The molecule has 4 heteroatoms. The first-order chi connectivity index (χ1) is 7.66. The lowest BCUT2D eigenvalue weighted by molar-refractivity contribution is -0.138. The number of carboxylic acid groups (broad SMARTS) is 1. The summed E-state index contributed by atoms with van der Waals surface area (Å²) in [6.07, 6.45) is 4.99. The van der Waals surface area contributed by atoms with Gasteiger partial charge >= 0.3 is 5.97 Å². The molecule has 2 unspecified atom stereocenters. The highest BCUT2D eigenvalue weighted by atomic mass is 16.5. The zero-order valence-electron chi connectivity index (χ0n) is 9.95.